The lowest BCUT2D eigenvalue weighted by Gasteiger charge is -2.09. The maximum atomic E-state index is 11.5. The molecule has 1 aromatic carbocycles. The van der Waals surface area contributed by atoms with Crippen LogP contribution in [0.4, 0.5) is 0 Å². The number of aromatic nitrogens is 3. The van der Waals surface area contributed by atoms with Gasteiger partial charge in [0.25, 0.3) is 0 Å². The third-order valence-corrected chi connectivity index (χ3v) is 4.15. The van der Waals surface area contributed by atoms with Crippen molar-refractivity contribution in [2.24, 2.45) is 7.05 Å². The Morgan fingerprint density at radius 1 is 1.35 bits per heavy atom. The molecule has 106 valence electrons. The van der Waals surface area contributed by atoms with Gasteiger partial charge < -0.3 is 9.30 Å². The van der Waals surface area contributed by atoms with Crippen molar-refractivity contribution in [1.29, 1.82) is 0 Å². The summed E-state index contributed by atoms with van der Waals surface area (Å²) in [5.41, 5.74) is 2.18. The van der Waals surface area contributed by atoms with E-state index in [0.717, 1.165) is 17.0 Å². The van der Waals surface area contributed by atoms with Crippen LogP contribution in [0, 0.1) is 6.92 Å². The molecule has 0 unspecified atom stereocenters. The molecular formula is C14H17N3O2S. The second-order valence-electron chi connectivity index (χ2n) is 4.46. The first-order chi connectivity index (χ1) is 9.54. The molecule has 6 heteroatoms. The minimum Gasteiger partial charge on any atom is -0.468 e. The Balaban J connectivity index is 2.28. The Hall–Kier alpha value is -1.82. The van der Waals surface area contributed by atoms with Crippen LogP contribution in [-0.2, 0) is 16.6 Å². The van der Waals surface area contributed by atoms with Crippen molar-refractivity contribution >= 4 is 17.7 Å². The van der Waals surface area contributed by atoms with E-state index in [1.54, 1.807) is 6.92 Å². The zero-order valence-corrected chi connectivity index (χ0v) is 12.8. The Bertz CT molecular complexity index is 625. The predicted octanol–water partition coefficient (Wildman–Crippen LogP) is 2.44. The largest absolute Gasteiger partial charge is 0.468 e. The molecule has 0 amide bonds. The first-order valence-electron chi connectivity index (χ1n) is 6.24. The number of nitrogens with zero attached hydrogens (tertiary/aromatic N) is 3. The molecule has 0 aliphatic heterocycles. The van der Waals surface area contributed by atoms with Gasteiger partial charge in [-0.15, -0.1) is 10.2 Å². The number of benzene rings is 1. The molecule has 0 spiro atoms. The summed E-state index contributed by atoms with van der Waals surface area (Å²) in [5, 5.41) is 8.77. The highest BCUT2D eigenvalue weighted by atomic mass is 32.2. The molecule has 1 heterocycles. The lowest BCUT2D eigenvalue weighted by Crippen LogP contribution is -2.15. The number of carbonyl (C=O) groups excluding carboxylic acids is 1. The number of carbonyl (C=O) groups is 1. The van der Waals surface area contributed by atoms with E-state index >= 15 is 0 Å². The van der Waals surface area contributed by atoms with Crippen LogP contribution in [-0.4, -0.2) is 33.1 Å². The Kier molecular flexibility index (Phi) is 4.44. The average molecular weight is 291 g/mol. The van der Waals surface area contributed by atoms with Crippen LogP contribution in [0.25, 0.3) is 11.4 Å². The standard InChI is InChI=1S/C14H17N3O2S/c1-9-7-5-6-8-11(9)12-15-16-14(17(12)3)20-10(2)13(18)19-4/h5-8,10H,1-4H3/t10-/m1/s1. The van der Waals surface area contributed by atoms with Gasteiger partial charge in [-0.25, -0.2) is 0 Å². The first kappa shape index (κ1) is 14.6. The predicted molar refractivity (Wildman–Crippen MR) is 78.5 cm³/mol. The minimum atomic E-state index is -0.312. The maximum Gasteiger partial charge on any atom is 0.318 e. The molecule has 20 heavy (non-hydrogen) atoms. The van der Waals surface area contributed by atoms with Crippen molar-refractivity contribution in [2.45, 2.75) is 24.3 Å². The fourth-order valence-corrected chi connectivity index (χ4v) is 2.69. The molecule has 0 aliphatic rings. The molecule has 5 nitrogen and oxygen atoms in total. The summed E-state index contributed by atoms with van der Waals surface area (Å²) in [5.74, 6) is 0.526. The fourth-order valence-electron chi connectivity index (χ4n) is 1.85. The van der Waals surface area contributed by atoms with Gasteiger partial charge >= 0.3 is 5.97 Å². The first-order valence-corrected chi connectivity index (χ1v) is 7.12. The van der Waals surface area contributed by atoms with Crippen LogP contribution in [0.2, 0.25) is 0 Å². The zero-order chi connectivity index (χ0) is 14.7. The van der Waals surface area contributed by atoms with Gasteiger partial charge in [-0.1, -0.05) is 36.0 Å². The molecule has 1 aromatic heterocycles. The fraction of sp³-hybridized carbons (Fsp3) is 0.357. The van der Waals surface area contributed by atoms with Gasteiger partial charge in [-0.3, -0.25) is 4.79 Å². The number of hydrogen-bond acceptors (Lipinski definition) is 5. The number of aryl methyl sites for hydroxylation is 1. The van der Waals surface area contributed by atoms with E-state index in [2.05, 4.69) is 10.2 Å². The van der Waals surface area contributed by atoms with E-state index in [-0.39, 0.29) is 11.2 Å². The lowest BCUT2D eigenvalue weighted by atomic mass is 10.1. The van der Waals surface area contributed by atoms with Crippen molar-refractivity contribution in [3.05, 3.63) is 29.8 Å². The van der Waals surface area contributed by atoms with Gasteiger partial charge in [0.2, 0.25) is 0 Å². The molecular weight excluding hydrogens is 274 g/mol. The highest BCUT2D eigenvalue weighted by molar-refractivity contribution is 8.00. The van der Waals surface area contributed by atoms with Gasteiger partial charge in [-0.2, -0.15) is 0 Å². The van der Waals surface area contributed by atoms with Crippen LogP contribution in [0.5, 0.6) is 0 Å². The molecule has 2 aromatic rings. The van der Waals surface area contributed by atoms with Gasteiger partial charge in [0.1, 0.15) is 5.25 Å². The van der Waals surface area contributed by atoms with E-state index in [1.165, 1.54) is 18.9 Å². The topological polar surface area (TPSA) is 57.0 Å². The molecule has 0 aliphatic carbocycles. The summed E-state index contributed by atoms with van der Waals surface area (Å²) in [4.78, 5) is 11.5. The summed E-state index contributed by atoms with van der Waals surface area (Å²) in [6.45, 7) is 3.83. The van der Waals surface area contributed by atoms with Crippen molar-refractivity contribution in [2.75, 3.05) is 7.11 Å². The van der Waals surface area contributed by atoms with Gasteiger partial charge in [-0.05, 0) is 19.4 Å². The third-order valence-electron chi connectivity index (χ3n) is 3.04. The van der Waals surface area contributed by atoms with Gasteiger partial charge in [0.05, 0.1) is 7.11 Å². The van der Waals surface area contributed by atoms with Crippen molar-refractivity contribution in [3.8, 4) is 11.4 Å². The number of rotatable bonds is 4. The van der Waals surface area contributed by atoms with Crippen molar-refractivity contribution in [3.63, 3.8) is 0 Å². The minimum absolute atomic E-state index is 0.268. The molecule has 1 atom stereocenters. The van der Waals surface area contributed by atoms with Crippen LogP contribution in [0.1, 0.15) is 12.5 Å². The molecule has 0 radical (unpaired) electrons. The quantitative estimate of drug-likeness (QED) is 0.639. The number of esters is 1. The molecule has 2 rings (SSSR count). The molecule has 0 fully saturated rings. The van der Waals surface area contributed by atoms with E-state index in [9.17, 15) is 4.79 Å². The monoisotopic (exact) mass is 291 g/mol. The molecule has 0 saturated heterocycles. The van der Waals surface area contributed by atoms with Gasteiger partial charge in [0.15, 0.2) is 11.0 Å². The zero-order valence-electron chi connectivity index (χ0n) is 12.0. The Morgan fingerprint density at radius 3 is 2.70 bits per heavy atom. The van der Waals surface area contributed by atoms with E-state index < -0.39 is 0 Å². The van der Waals surface area contributed by atoms with E-state index in [0.29, 0.717) is 5.16 Å². The normalized spacial score (nSPS) is 12.2. The second kappa shape index (κ2) is 6.09. The number of hydrogen-bond donors (Lipinski definition) is 0. The Labute approximate surface area is 122 Å². The Morgan fingerprint density at radius 2 is 2.05 bits per heavy atom. The highest BCUT2D eigenvalue weighted by Gasteiger charge is 2.19. The molecule has 0 bridgehead atoms. The van der Waals surface area contributed by atoms with Crippen LogP contribution >= 0.6 is 11.8 Å². The SMILES string of the molecule is COC(=O)[C@@H](C)Sc1nnc(-c2ccccc2C)n1C. The number of ether oxygens (including phenoxy) is 1. The van der Waals surface area contributed by atoms with Crippen LogP contribution < -0.4 is 0 Å². The van der Waals surface area contributed by atoms with Crippen LogP contribution in [0.3, 0.4) is 0 Å². The average Bonchev–Trinajstić information content (AvgIpc) is 2.80. The maximum absolute atomic E-state index is 11.5. The summed E-state index contributed by atoms with van der Waals surface area (Å²) in [6, 6.07) is 8.01. The highest BCUT2D eigenvalue weighted by Crippen LogP contribution is 2.27. The third kappa shape index (κ3) is 2.85. The van der Waals surface area contributed by atoms with Gasteiger partial charge in [0, 0.05) is 12.6 Å². The summed E-state index contributed by atoms with van der Waals surface area (Å²) in [6.07, 6.45) is 0. The number of thioether (sulfide) groups is 1. The lowest BCUT2D eigenvalue weighted by molar-refractivity contribution is -0.139. The second-order valence-corrected chi connectivity index (χ2v) is 5.77. The van der Waals surface area contributed by atoms with Crippen LogP contribution in [0.15, 0.2) is 29.4 Å². The molecule has 0 saturated carbocycles. The smallest absolute Gasteiger partial charge is 0.318 e. The number of methoxy groups -OCH3 is 1. The van der Waals surface area contributed by atoms with E-state index in [4.69, 9.17) is 4.74 Å². The summed E-state index contributed by atoms with van der Waals surface area (Å²) < 4.78 is 6.61. The summed E-state index contributed by atoms with van der Waals surface area (Å²) >= 11 is 1.34. The van der Waals surface area contributed by atoms with E-state index in [1.807, 2.05) is 42.8 Å². The summed E-state index contributed by atoms with van der Waals surface area (Å²) in [7, 11) is 3.28. The van der Waals surface area contributed by atoms with Crippen molar-refractivity contribution in [1.82, 2.24) is 14.8 Å². The van der Waals surface area contributed by atoms with Crippen molar-refractivity contribution < 1.29 is 9.53 Å². The molecule has 0 N–H and O–H groups in total.